The quantitative estimate of drug-likeness (QED) is 0.361. The van der Waals surface area contributed by atoms with Crippen LogP contribution in [0.2, 0.25) is 0 Å². The van der Waals surface area contributed by atoms with E-state index in [0.29, 0.717) is 29.2 Å². The van der Waals surface area contributed by atoms with Crippen LogP contribution in [0.5, 0.6) is 17.2 Å². The molecule has 1 aliphatic heterocycles. The van der Waals surface area contributed by atoms with Crippen molar-refractivity contribution in [2.75, 3.05) is 41.0 Å². The van der Waals surface area contributed by atoms with E-state index in [0.717, 1.165) is 31.2 Å². The van der Waals surface area contributed by atoms with E-state index in [-0.39, 0.29) is 24.0 Å². The normalized spacial score (nSPS) is 18.1. The van der Waals surface area contributed by atoms with Crippen molar-refractivity contribution in [2.45, 2.75) is 45.6 Å². The Balaban J connectivity index is 0.00000280. The minimum absolute atomic E-state index is 0. The van der Waals surface area contributed by atoms with Gasteiger partial charge in [0.2, 0.25) is 5.75 Å². The summed E-state index contributed by atoms with van der Waals surface area (Å²) in [5, 5.41) is 3.47. The van der Waals surface area contributed by atoms with E-state index < -0.39 is 0 Å². The number of guanidine groups is 1. The van der Waals surface area contributed by atoms with Crippen LogP contribution in [0.4, 0.5) is 0 Å². The van der Waals surface area contributed by atoms with E-state index in [1.54, 1.807) is 21.3 Å². The van der Waals surface area contributed by atoms with Crippen molar-refractivity contribution in [2.24, 2.45) is 10.4 Å². The van der Waals surface area contributed by atoms with Gasteiger partial charge in [0.05, 0.1) is 27.9 Å². The van der Waals surface area contributed by atoms with Crippen LogP contribution >= 0.6 is 24.0 Å². The first-order valence-electron chi connectivity index (χ1n) is 9.97. The van der Waals surface area contributed by atoms with Gasteiger partial charge in [-0.2, -0.15) is 0 Å². The van der Waals surface area contributed by atoms with E-state index in [9.17, 15) is 0 Å². The summed E-state index contributed by atoms with van der Waals surface area (Å²) < 4.78 is 16.5. The third-order valence-electron chi connectivity index (χ3n) is 5.92. The fourth-order valence-electron chi connectivity index (χ4n) is 4.52. The number of halogens is 1. The van der Waals surface area contributed by atoms with Crippen molar-refractivity contribution in [3.05, 3.63) is 17.7 Å². The topological polar surface area (TPSA) is 55.3 Å². The van der Waals surface area contributed by atoms with Crippen LogP contribution in [0.15, 0.2) is 17.1 Å². The van der Waals surface area contributed by atoms with Crippen LogP contribution in [0.3, 0.4) is 0 Å². The van der Waals surface area contributed by atoms with Gasteiger partial charge in [-0.3, -0.25) is 0 Å². The highest BCUT2D eigenvalue weighted by Gasteiger charge is 2.41. The van der Waals surface area contributed by atoms with E-state index >= 15 is 0 Å². The molecule has 6 nitrogen and oxygen atoms in total. The van der Waals surface area contributed by atoms with Gasteiger partial charge in [0, 0.05) is 25.2 Å². The molecule has 158 valence electrons. The lowest BCUT2D eigenvalue weighted by Gasteiger charge is -2.26. The molecular weight excluding hydrogens is 469 g/mol. The molecule has 1 heterocycles. The zero-order chi connectivity index (χ0) is 19.3. The van der Waals surface area contributed by atoms with Gasteiger partial charge in [-0.05, 0) is 43.7 Å². The predicted octanol–water partition coefficient (Wildman–Crippen LogP) is 4.06. The van der Waals surface area contributed by atoms with Gasteiger partial charge in [0.1, 0.15) is 0 Å². The fraction of sp³-hybridized carbons (Fsp3) is 0.667. The Hall–Kier alpha value is -1.38. The summed E-state index contributed by atoms with van der Waals surface area (Å²) in [6.45, 7) is 5.74. The number of ether oxygens (including phenoxy) is 3. The Labute approximate surface area is 186 Å². The van der Waals surface area contributed by atoms with Gasteiger partial charge in [-0.1, -0.05) is 12.8 Å². The van der Waals surface area contributed by atoms with Crippen LogP contribution in [-0.4, -0.2) is 51.8 Å². The molecule has 28 heavy (non-hydrogen) atoms. The number of hydrogen-bond donors (Lipinski definition) is 1. The van der Waals surface area contributed by atoms with Gasteiger partial charge >= 0.3 is 0 Å². The van der Waals surface area contributed by atoms with Gasteiger partial charge in [0.25, 0.3) is 0 Å². The van der Waals surface area contributed by atoms with Crippen molar-refractivity contribution >= 4 is 29.9 Å². The van der Waals surface area contributed by atoms with Gasteiger partial charge < -0.3 is 24.4 Å². The van der Waals surface area contributed by atoms with Crippen LogP contribution in [-0.2, 0) is 6.54 Å². The maximum atomic E-state index is 5.60. The van der Waals surface area contributed by atoms with E-state index in [4.69, 9.17) is 19.2 Å². The third-order valence-corrected chi connectivity index (χ3v) is 5.92. The van der Waals surface area contributed by atoms with E-state index in [1.807, 2.05) is 12.1 Å². The summed E-state index contributed by atoms with van der Waals surface area (Å²) in [5.74, 6) is 2.96. The summed E-state index contributed by atoms with van der Waals surface area (Å²) in [5.41, 5.74) is 1.51. The number of benzene rings is 1. The standard InChI is InChI=1S/C21H33N3O3.HI/c1-5-22-20(24-13-12-21(15-24)10-6-7-11-21)23-14-16-8-9-17(25-2)19(27-4)18(16)26-3;/h8-9H,5-7,10-15H2,1-4H3,(H,22,23);1H. The van der Waals surface area contributed by atoms with Crippen molar-refractivity contribution in [1.82, 2.24) is 10.2 Å². The largest absolute Gasteiger partial charge is 0.493 e. The molecule has 1 N–H and O–H groups in total. The number of aliphatic imine (C=N–C) groups is 1. The van der Waals surface area contributed by atoms with Crippen molar-refractivity contribution in [1.29, 1.82) is 0 Å². The van der Waals surface area contributed by atoms with Crippen molar-refractivity contribution < 1.29 is 14.2 Å². The van der Waals surface area contributed by atoms with Gasteiger partial charge in [-0.15, -0.1) is 24.0 Å². The minimum atomic E-state index is 0. The summed E-state index contributed by atoms with van der Waals surface area (Å²) in [6.07, 6.45) is 6.78. The van der Waals surface area contributed by atoms with Crippen LogP contribution < -0.4 is 19.5 Å². The first kappa shape index (κ1) is 22.9. The monoisotopic (exact) mass is 503 g/mol. The molecule has 0 unspecified atom stereocenters. The van der Waals surface area contributed by atoms with Crippen LogP contribution in [0.1, 0.15) is 44.6 Å². The average molecular weight is 503 g/mol. The third kappa shape index (κ3) is 4.78. The minimum Gasteiger partial charge on any atom is -0.493 e. The first-order valence-corrected chi connectivity index (χ1v) is 9.97. The molecule has 0 bridgehead atoms. The summed E-state index contributed by atoms with van der Waals surface area (Å²) in [4.78, 5) is 7.35. The van der Waals surface area contributed by atoms with E-state index in [2.05, 4.69) is 17.1 Å². The lowest BCUT2D eigenvalue weighted by Crippen LogP contribution is -2.41. The maximum Gasteiger partial charge on any atom is 0.203 e. The Kier molecular flexibility index (Phi) is 8.52. The molecular formula is C21H34IN3O3. The molecule has 0 atom stereocenters. The Morgan fingerprint density at radius 3 is 2.39 bits per heavy atom. The molecule has 7 heteroatoms. The molecule has 0 amide bonds. The number of nitrogens with zero attached hydrogens (tertiary/aromatic N) is 2. The summed E-state index contributed by atoms with van der Waals surface area (Å²) >= 11 is 0. The molecule has 1 aliphatic carbocycles. The van der Waals surface area contributed by atoms with Crippen LogP contribution in [0, 0.1) is 5.41 Å². The molecule has 1 spiro atoms. The summed E-state index contributed by atoms with van der Waals surface area (Å²) in [6, 6.07) is 3.90. The highest BCUT2D eigenvalue weighted by molar-refractivity contribution is 14.0. The number of nitrogens with one attached hydrogen (secondary N) is 1. The second kappa shape index (κ2) is 10.4. The second-order valence-corrected chi connectivity index (χ2v) is 7.54. The molecule has 1 aromatic carbocycles. The number of likely N-dealkylation sites (tertiary alicyclic amines) is 1. The molecule has 2 aliphatic rings. The predicted molar refractivity (Wildman–Crippen MR) is 123 cm³/mol. The first-order chi connectivity index (χ1) is 13.2. The highest BCUT2D eigenvalue weighted by Crippen LogP contribution is 2.45. The lowest BCUT2D eigenvalue weighted by molar-refractivity contribution is 0.309. The average Bonchev–Trinajstić information content (AvgIpc) is 3.34. The molecule has 0 radical (unpaired) electrons. The molecule has 1 aromatic rings. The lowest BCUT2D eigenvalue weighted by atomic mass is 9.86. The smallest absolute Gasteiger partial charge is 0.203 e. The zero-order valence-corrected chi connectivity index (χ0v) is 19.9. The fourth-order valence-corrected chi connectivity index (χ4v) is 4.52. The highest BCUT2D eigenvalue weighted by atomic mass is 127. The Morgan fingerprint density at radius 1 is 1.07 bits per heavy atom. The SMILES string of the molecule is CCNC(=NCc1ccc(OC)c(OC)c1OC)N1CCC2(CCCC2)C1.I. The molecule has 2 fully saturated rings. The second-order valence-electron chi connectivity index (χ2n) is 7.54. The molecule has 1 saturated carbocycles. The van der Waals surface area contributed by atoms with Gasteiger partial charge in [0.15, 0.2) is 17.5 Å². The number of methoxy groups -OCH3 is 3. The maximum absolute atomic E-state index is 5.60. The van der Waals surface area contributed by atoms with Crippen molar-refractivity contribution in [3.8, 4) is 17.2 Å². The molecule has 1 saturated heterocycles. The van der Waals surface area contributed by atoms with Gasteiger partial charge in [-0.25, -0.2) is 4.99 Å². The molecule has 3 rings (SSSR count). The van der Waals surface area contributed by atoms with Crippen molar-refractivity contribution in [3.63, 3.8) is 0 Å². The number of hydrogen-bond acceptors (Lipinski definition) is 4. The molecule has 0 aromatic heterocycles. The van der Waals surface area contributed by atoms with Crippen LogP contribution in [0.25, 0.3) is 0 Å². The zero-order valence-electron chi connectivity index (χ0n) is 17.5. The summed E-state index contributed by atoms with van der Waals surface area (Å²) in [7, 11) is 4.91. The Morgan fingerprint density at radius 2 is 1.79 bits per heavy atom. The number of rotatable bonds is 6. The Bertz CT molecular complexity index is 675. The van der Waals surface area contributed by atoms with E-state index in [1.165, 1.54) is 32.1 Å².